The molecule has 1 atom stereocenters. The van der Waals surface area contributed by atoms with Gasteiger partial charge in [-0.2, -0.15) is 0 Å². The quantitative estimate of drug-likeness (QED) is 0.610. The molecule has 1 heterocycles. The van der Waals surface area contributed by atoms with Gasteiger partial charge in [-0.3, -0.25) is 4.79 Å². The lowest BCUT2D eigenvalue weighted by atomic mass is 10.3. The van der Waals surface area contributed by atoms with Crippen LogP contribution in [0.3, 0.4) is 0 Å². The molecule has 1 N–H and O–H groups in total. The Morgan fingerprint density at radius 1 is 1.73 bits per heavy atom. The van der Waals surface area contributed by atoms with E-state index in [0.717, 1.165) is 25.8 Å². The van der Waals surface area contributed by atoms with Gasteiger partial charge in [0.05, 0.1) is 0 Å². The third-order valence-corrected chi connectivity index (χ3v) is 1.82. The normalized spacial score (nSPS) is 23.7. The average molecular weight is 157 g/mol. The number of carbonyl (C=O) groups excluding carboxylic acids is 1. The number of amides is 1. The van der Waals surface area contributed by atoms with Crippen LogP contribution in [0.2, 0.25) is 0 Å². The SMILES string of the molecule is CCCCOC1CCNC1=O. The van der Waals surface area contributed by atoms with Crippen LogP contribution in [-0.4, -0.2) is 25.2 Å². The number of ether oxygens (including phenoxy) is 1. The van der Waals surface area contributed by atoms with E-state index in [-0.39, 0.29) is 12.0 Å². The second-order valence-electron chi connectivity index (χ2n) is 2.79. The van der Waals surface area contributed by atoms with E-state index in [1.54, 1.807) is 0 Å². The maximum Gasteiger partial charge on any atom is 0.249 e. The van der Waals surface area contributed by atoms with Crippen molar-refractivity contribution in [2.24, 2.45) is 0 Å². The molecule has 0 aromatic heterocycles. The van der Waals surface area contributed by atoms with Crippen molar-refractivity contribution in [1.29, 1.82) is 0 Å². The predicted molar refractivity (Wildman–Crippen MR) is 42.3 cm³/mol. The maximum absolute atomic E-state index is 10.9. The molecule has 1 saturated heterocycles. The zero-order valence-electron chi connectivity index (χ0n) is 6.93. The van der Waals surface area contributed by atoms with E-state index in [9.17, 15) is 4.79 Å². The maximum atomic E-state index is 10.9. The van der Waals surface area contributed by atoms with E-state index in [0.29, 0.717) is 6.61 Å². The fraction of sp³-hybridized carbons (Fsp3) is 0.875. The summed E-state index contributed by atoms with van der Waals surface area (Å²) in [5, 5.41) is 2.73. The summed E-state index contributed by atoms with van der Waals surface area (Å²) in [7, 11) is 0. The Morgan fingerprint density at radius 3 is 3.09 bits per heavy atom. The third-order valence-electron chi connectivity index (χ3n) is 1.82. The van der Waals surface area contributed by atoms with Crippen LogP contribution >= 0.6 is 0 Å². The van der Waals surface area contributed by atoms with Gasteiger partial charge in [-0.15, -0.1) is 0 Å². The lowest BCUT2D eigenvalue weighted by molar-refractivity contribution is -0.129. The summed E-state index contributed by atoms with van der Waals surface area (Å²) in [6.07, 6.45) is 2.84. The molecule has 0 radical (unpaired) electrons. The third kappa shape index (κ3) is 2.50. The first kappa shape index (κ1) is 8.53. The Bertz CT molecular complexity index is 136. The van der Waals surface area contributed by atoms with Crippen molar-refractivity contribution in [3.8, 4) is 0 Å². The highest BCUT2D eigenvalue weighted by molar-refractivity contribution is 5.82. The second-order valence-corrected chi connectivity index (χ2v) is 2.79. The smallest absolute Gasteiger partial charge is 0.249 e. The second kappa shape index (κ2) is 4.34. The molecule has 11 heavy (non-hydrogen) atoms. The van der Waals surface area contributed by atoms with E-state index in [4.69, 9.17) is 4.74 Å². The van der Waals surface area contributed by atoms with Gasteiger partial charge in [0.2, 0.25) is 5.91 Å². The van der Waals surface area contributed by atoms with Crippen LogP contribution in [0.5, 0.6) is 0 Å². The molecule has 1 rings (SSSR count). The van der Waals surface area contributed by atoms with Crippen LogP contribution < -0.4 is 5.32 Å². The molecule has 1 fully saturated rings. The highest BCUT2D eigenvalue weighted by Gasteiger charge is 2.23. The van der Waals surface area contributed by atoms with Gasteiger partial charge in [0.25, 0.3) is 0 Å². The molecular weight excluding hydrogens is 142 g/mol. The van der Waals surface area contributed by atoms with Crippen molar-refractivity contribution in [2.75, 3.05) is 13.2 Å². The highest BCUT2D eigenvalue weighted by Crippen LogP contribution is 2.05. The minimum Gasteiger partial charge on any atom is -0.368 e. The van der Waals surface area contributed by atoms with Gasteiger partial charge < -0.3 is 10.1 Å². The van der Waals surface area contributed by atoms with Crippen LogP contribution in [0, 0.1) is 0 Å². The van der Waals surface area contributed by atoms with Gasteiger partial charge in [-0.05, 0) is 12.8 Å². The minimum absolute atomic E-state index is 0.0566. The molecule has 64 valence electrons. The first-order valence-electron chi connectivity index (χ1n) is 4.24. The monoisotopic (exact) mass is 157 g/mol. The van der Waals surface area contributed by atoms with Gasteiger partial charge in [0.1, 0.15) is 6.10 Å². The van der Waals surface area contributed by atoms with Crippen LogP contribution in [0.4, 0.5) is 0 Å². The van der Waals surface area contributed by atoms with Crippen molar-refractivity contribution in [3.63, 3.8) is 0 Å². The van der Waals surface area contributed by atoms with Crippen molar-refractivity contribution < 1.29 is 9.53 Å². The Hall–Kier alpha value is -0.570. The van der Waals surface area contributed by atoms with Gasteiger partial charge in [0.15, 0.2) is 0 Å². The van der Waals surface area contributed by atoms with Gasteiger partial charge in [-0.1, -0.05) is 13.3 Å². The molecular formula is C8H15NO2. The molecule has 0 saturated carbocycles. The van der Waals surface area contributed by atoms with Crippen LogP contribution in [0.15, 0.2) is 0 Å². The summed E-state index contributed by atoms with van der Waals surface area (Å²) >= 11 is 0. The first-order valence-corrected chi connectivity index (χ1v) is 4.24. The molecule has 1 aliphatic heterocycles. The molecule has 1 unspecified atom stereocenters. The number of hydrogen-bond acceptors (Lipinski definition) is 2. The Balaban J connectivity index is 2.10. The molecule has 3 heteroatoms. The zero-order valence-corrected chi connectivity index (χ0v) is 6.93. The van der Waals surface area contributed by atoms with Crippen LogP contribution in [0.1, 0.15) is 26.2 Å². The summed E-state index contributed by atoms with van der Waals surface area (Å²) in [5.74, 6) is 0.0566. The molecule has 0 aromatic carbocycles. The summed E-state index contributed by atoms with van der Waals surface area (Å²) in [4.78, 5) is 10.9. The molecule has 0 aliphatic carbocycles. The topological polar surface area (TPSA) is 38.3 Å². The van der Waals surface area contributed by atoms with E-state index in [1.807, 2.05) is 0 Å². The van der Waals surface area contributed by atoms with E-state index >= 15 is 0 Å². The lowest BCUT2D eigenvalue weighted by Gasteiger charge is -2.07. The van der Waals surface area contributed by atoms with Crippen molar-refractivity contribution >= 4 is 5.91 Å². The lowest BCUT2D eigenvalue weighted by Crippen LogP contribution is -2.25. The van der Waals surface area contributed by atoms with Crippen molar-refractivity contribution in [2.45, 2.75) is 32.3 Å². The van der Waals surface area contributed by atoms with Gasteiger partial charge in [0, 0.05) is 13.2 Å². The molecule has 0 aromatic rings. The Labute approximate surface area is 67.1 Å². The summed E-state index contributed by atoms with van der Waals surface area (Å²) in [6.45, 7) is 3.60. The van der Waals surface area contributed by atoms with Crippen molar-refractivity contribution in [1.82, 2.24) is 5.32 Å². The summed E-state index contributed by atoms with van der Waals surface area (Å²) in [6, 6.07) is 0. The largest absolute Gasteiger partial charge is 0.368 e. The predicted octanol–water partition coefficient (Wildman–Crippen LogP) is 0.692. The number of unbranched alkanes of at least 4 members (excludes halogenated alkanes) is 1. The van der Waals surface area contributed by atoms with E-state index in [2.05, 4.69) is 12.2 Å². The van der Waals surface area contributed by atoms with Crippen molar-refractivity contribution in [3.05, 3.63) is 0 Å². The summed E-state index contributed by atoms with van der Waals surface area (Å²) < 4.78 is 5.34. The Kier molecular flexibility index (Phi) is 3.36. The molecule has 3 nitrogen and oxygen atoms in total. The Morgan fingerprint density at radius 2 is 2.55 bits per heavy atom. The molecule has 1 aliphatic rings. The van der Waals surface area contributed by atoms with E-state index < -0.39 is 0 Å². The zero-order chi connectivity index (χ0) is 8.10. The van der Waals surface area contributed by atoms with Crippen LogP contribution in [0.25, 0.3) is 0 Å². The number of hydrogen-bond donors (Lipinski definition) is 1. The standard InChI is InChI=1S/C8H15NO2/c1-2-3-6-11-7-4-5-9-8(7)10/h7H,2-6H2,1H3,(H,9,10). The van der Waals surface area contributed by atoms with Crippen LogP contribution in [-0.2, 0) is 9.53 Å². The number of carbonyl (C=O) groups is 1. The summed E-state index contributed by atoms with van der Waals surface area (Å²) in [5.41, 5.74) is 0. The fourth-order valence-electron chi connectivity index (χ4n) is 1.10. The van der Waals surface area contributed by atoms with Gasteiger partial charge in [-0.25, -0.2) is 0 Å². The minimum atomic E-state index is -0.165. The molecule has 1 amide bonds. The molecule has 0 spiro atoms. The first-order chi connectivity index (χ1) is 5.34. The number of nitrogens with one attached hydrogen (secondary N) is 1. The number of rotatable bonds is 4. The molecule has 0 bridgehead atoms. The van der Waals surface area contributed by atoms with Gasteiger partial charge >= 0.3 is 0 Å². The highest BCUT2D eigenvalue weighted by atomic mass is 16.5. The fourth-order valence-corrected chi connectivity index (χ4v) is 1.10. The average Bonchev–Trinajstić information content (AvgIpc) is 2.37. The van der Waals surface area contributed by atoms with E-state index in [1.165, 1.54) is 0 Å².